The summed E-state index contributed by atoms with van der Waals surface area (Å²) in [4.78, 5) is 15.5. The van der Waals surface area contributed by atoms with Crippen LogP contribution in [-0.2, 0) is 4.79 Å². The van der Waals surface area contributed by atoms with Crippen molar-refractivity contribution in [3.63, 3.8) is 0 Å². The van der Waals surface area contributed by atoms with Crippen molar-refractivity contribution in [1.82, 2.24) is 9.80 Å². The first-order chi connectivity index (χ1) is 7.68. The number of amides is 1. The minimum absolute atomic E-state index is 0.155. The molecule has 2 aliphatic rings. The standard InChI is InChI=1S/C12H22N2O2/c1-10(15)13-6-8-14(9-7-13)11-4-2-3-5-12(11)16/h11-12,16H,2-9H2,1H3. The largest absolute Gasteiger partial charge is 0.391 e. The van der Waals surface area contributed by atoms with Crippen LogP contribution in [0.25, 0.3) is 0 Å². The van der Waals surface area contributed by atoms with Crippen LogP contribution in [0.15, 0.2) is 0 Å². The number of hydrogen-bond donors (Lipinski definition) is 1. The Kier molecular flexibility index (Phi) is 3.82. The summed E-state index contributed by atoms with van der Waals surface area (Å²) in [6, 6.07) is 0.336. The smallest absolute Gasteiger partial charge is 0.219 e. The van der Waals surface area contributed by atoms with E-state index >= 15 is 0 Å². The van der Waals surface area contributed by atoms with Gasteiger partial charge in [-0.15, -0.1) is 0 Å². The number of rotatable bonds is 1. The molecule has 16 heavy (non-hydrogen) atoms. The summed E-state index contributed by atoms with van der Waals surface area (Å²) in [6.45, 7) is 5.10. The number of piperazine rings is 1. The summed E-state index contributed by atoms with van der Waals surface area (Å²) in [5, 5.41) is 9.97. The summed E-state index contributed by atoms with van der Waals surface area (Å²) in [5.41, 5.74) is 0. The molecule has 1 aliphatic carbocycles. The van der Waals surface area contributed by atoms with E-state index in [1.807, 2.05) is 4.90 Å². The lowest BCUT2D eigenvalue weighted by Crippen LogP contribution is -2.55. The molecule has 0 aromatic rings. The second kappa shape index (κ2) is 5.15. The van der Waals surface area contributed by atoms with Crippen LogP contribution in [0.4, 0.5) is 0 Å². The van der Waals surface area contributed by atoms with Gasteiger partial charge in [0.05, 0.1) is 6.10 Å². The number of carbonyl (C=O) groups excluding carboxylic acids is 1. The van der Waals surface area contributed by atoms with Crippen molar-refractivity contribution in [2.45, 2.75) is 44.8 Å². The average Bonchev–Trinajstić information content (AvgIpc) is 2.30. The molecule has 0 radical (unpaired) electrons. The van der Waals surface area contributed by atoms with E-state index in [0.717, 1.165) is 45.4 Å². The molecular weight excluding hydrogens is 204 g/mol. The Labute approximate surface area is 97.2 Å². The van der Waals surface area contributed by atoms with E-state index in [1.165, 1.54) is 6.42 Å². The molecule has 2 rings (SSSR count). The zero-order valence-corrected chi connectivity index (χ0v) is 10.1. The van der Waals surface area contributed by atoms with Gasteiger partial charge in [0.1, 0.15) is 0 Å². The van der Waals surface area contributed by atoms with Crippen LogP contribution in [0.2, 0.25) is 0 Å². The predicted octanol–water partition coefficient (Wildman–Crippen LogP) is 0.454. The lowest BCUT2D eigenvalue weighted by molar-refractivity contribution is -0.131. The van der Waals surface area contributed by atoms with Crippen molar-refractivity contribution in [3.8, 4) is 0 Å². The zero-order valence-electron chi connectivity index (χ0n) is 10.1. The molecule has 1 aliphatic heterocycles. The fraction of sp³-hybridized carbons (Fsp3) is 0.917. The molecule has 0 aromatic carbocycles. The van der Waals surface area contributed by atoms with Crippen LogP contribution < -0.4 is 0 Å². The maximum atomic E-state index is 11.2. The summed E-state index contributed by atoms with van der Waals surface area (Å²) < 4.78 is 0. The van der Waals surface area contributed by atoms with Crippen molar-refractivity contribution in [3.05, 3.63) is 0 Å². The fourth-order valence-electron chi connectivity index (χ4n) is 2.89. The molecule has 1 saturated carbocycles. The quantitative estimate of drug-likeness (QED) is 0.706. The van der Waals surface area contributed by atoms with Crippen molar-refractivity contribution in [2.24, 2.45) is 0 Å². The normalized spacial score (nSPS) is 32.8. The van der Waals surface area contributed by atoms with E-state index in [9.17, 15) is 9.90 Å². The van der Waals surface area contributed by atoms with Gasteiger partial charge in [-0.05, 0) is 12.8 Å². The molecule has 2 atom stereocenters. The van der Waals surface area contributed by atoms with Gasteiger partial charge in [-0.3, -0.25) is 9.69 Å². The molecule has 2 unspecified atom stereocenters. The first kappa shape index (κ1) is 11.9. The van der Waals surface area contributed by atoms with Gasteiger partial charge in [0.2, 0.25) is 5.91 Å². The summed E-state index contributed by atoms with van der Waals surface area (Å²) in [7, 11) is 0. The maximum Gasteiger partial charge on any atom is 0.219 e. The van der Waals surface area contributed by atoms with Gasteiger partial charge in [-0.25, -0.2) is 0 Å². The monoisotopic (exact) mass is 226 g/mol. The summed E-state index contributed by atoms with van der Waals surface area (Å²) >= 11 is 0. The maximum absolute atomic E-state index is 11.2. The Morgan fingerprint density at radius 3 is 2.31 bits per heavy atom. The van der Waals surface area contributed by atoms with Gasteiger partial charge in [0, 0.05) is 39.1 Å². The van der Waals surface area contributed by atoms with E-state index in [0.29, 0.717) is 6.04 Å². The second-order valence-electron chi connectivity index (χ2n) is 4.96. The highest BCUT2D eigenvalue weighted by molar-refractivity contribution is 5.73. The summed E-state index contributed by atoms with van der Waals surface area (Å²) in [5.74, 6) is 0.170. The molecule has 4 nitrogen and oxygen atoms in total. The third-order valence-electron chi connectivity index (χ3n) is 3.92. The number of aliphatic hydroxyl groups excluding tert-OH is 1. The second-order valence-corrected chi connectivity index (χ2v) is 4.96. The molecule has 0 aromatic heterocycles. The molecule has 1 amide bonds. The zero-order chi connectivity index (χ0) is 11.5. The first-order valence-electron chi connectivity index (χ1n) is 6.36. The Bertz CT molecular complexity index is 249. The van der Waals surface area contributed by atoms with Crippen LogP contribution in [-0.4, -0.2) is 59.1 Å². The van der Waals surface area contributed by atoms with Crippen molar-refractivity contribution in [2.75, 3.05) is 26.2 Å². The molecule has 1 N–H and O–H groups in total. The van der Waals surface area contributed by atoms with E-state index in [-0.39, 0.29) is 12.0 Å². The van der Waals surface area contributed by atoms with Crippen LogP contribution >= 0.6 is 0 Å². The average molecular weight is 226 g/mol. The lowest BCUT2D eigenvalue weighted by Gasteiger charge is -2.42. The number of hydrogen-bond acceptors (Lipinski definition) is 3. The molecule has 1 heterocycles. The molecule has 0 bridgehead atoms. The molecule has 0 spiro atoms. The Morgan fingerprint density at radius 2 is 1.75 bits per heavy atom. The molecule has 92 valence electrons. The fourth-order valence-corrected chi connectivity index (χ4v) is 2.89. The first-order valence-corrected chi connectivity index (χ1v) is 6.36. The minimum atomic E-state index is -0.155. The van der Waals surface area contributed by atoms with Crippen LogP contribution in [0.5, 0.6) is 0 Å². The van der Waals surface area contributed by atoms with Gasteiger partial charge >= 0.3 is 0 Å². The van der Waals surface area contributed by atoms with E-state index in [4.69, 9.17) is 0 Å². The van der Waals surface area contributed by atoms with E-state index < -0.39 is 0 Å². The Morgan fingerprint density at radius 1 is 1.12 bits per heavy atom. The van der Waals surface area contributed by atoms with E-state index in [2.05, 4.69) is 4.90 Å². The van der Waals surface area contributed by atoms with Gasteiger partial charge < -0.3 is 10.0 Å². The molecule has 2 fully saturated rings. The van der Waals surface area contributed by atoms with Gasteiger partial charge in [0.25, 0.3) is 0 Å². The number of aliphatic hydroxyl groups is 1. The Hall–Kier alpha value is -0.610. The van der Waals surface area contributed by atoms with Crippen LogP contribution in [0.3, 0.4) is 0 Å². The summed E-state index contributed by atoms with van der Waals surface area (Å²) in [6.07, 6.45) is 4.29. The molecular formula is C12H22N2O2. The Balaban J connectivity index is 1.85. The van der Waals surface area contributed by atoms with Gasteiger partial charge in [-0.2, -0.15) is 0 Å². The van der Waals surface area contributed by atoms with Crippen LogP contribution in [0, 0.1) is 0 Å². The third kappa shape index (κ3) is 2.55. The van der Waals surface area contributed by atoms with Crippen LogP contribution in [0.1, 0.15) is 32.6 Å². The number of carbonyl (C=O) groups is 1. The minimum Gasteiger partial charge on any atom is -0.391 e. The highest BCUT2D eigenvalue weighted by Crippen LogP contribution is 2.24. The van der Waals surface area contributed by atoms with Crippen molar-refractivity contribution in [1.29, 1.82) is 0 Å². The number of nitrogens with zero attached hydrogens (tertiary/aromatic N) is 2. The van der Waals surface area contributed by atoms with Gasteiger partial charge in [-0.1, -0.05) is 12.8 Å². The van der Waals surface area contributed by atoms with Crippen molar-refractivity contribution < 1.29 is 9.90 Å². The highest BCUT2D eigenvalue weighted by atomic mass is 16.3. The third-order valence-corrected chi connectivity index (χ3v) is 3.92. The highest BCUT2D eigenvalue weighted by Gasteiger charge is 2.31. The SMILES string of the molecule is CC(=O)N1CCN(C2CCCCC2O)CC1. The lowest BCUT2D eigenvalue weighted by atomic mass is 9.91. The van der Waals surface area contributed by atoms with E-state index in [1.54, 1.807) is 6.92 Å². The van der Waals surface area contributed by atoms with Crippen molar-refractivity contribution >= 4 is 5.91 Å². The molecule has 1 saturated heterocycles. The molecule has 4 heteroatoms. The predicted molar refractivity (Wildman–Crippen MR) is 62.1 cm³/mol. The topological polar surface area (TPSA) is 43.8 Å². The van der Waals surface area contributed by atoms with Gasteiger partial charge in [0.15, 0.2) is 0 Å².